The van der Waals surface area contributed by atoms with Crippen molar-refractivity contribution in [1.29, 1.82) is 0 Å². The standard InChI is InChI=1S/C14H15F3N4O/c1-21-7-6-18-12(21)9-20-13(22)5-3-10-2-4-11(19-8-10)14(15,16)17/h2,4,6-8H,3,5,9H2,1H3,(H,20,22). The molecule has 0 saturated heterocycles. The average molecular weight is 312 g/mol. The summed E-state index contributed by atoms with van der Waals surface area (Å²) in [4.78, 5) is 19.1. The molecule has 0 aliphatic heterocycles. The maximum absolute atomic E-state index is 12.4. The molecule has 0 aromatic carbocycles. The van der Waals surface area contributed by atoms with Gasteiger partial charge in [0.2, 0.25) is 5.91 Å². The van der Waals surface area contributed by atoms with Gasteiger partial charge in [-0.15, -0.1) is 0 Å². The molecule has 0 unspecified atom stereocenters. The minimum atomic E-state index is -4.45. The van der Waals surface area contributed by atoms with Crippen molar-refractivity contribution in [1.82, 2.24) is 19.9 Å². The van der Waals surface area contributed by atoms with Crippen molar-refractivity contribution in [3.8, 4) is 0 Å². The highest BCUT2D eigenvalue weighted by Gasteiger charge is 2.31. The van der Waals surface area contributed by atoms with E-state index in [-0.39, 0.29) is 12.3 Å². The minimum Gasteiger partial charge on any atom is -0.349 e. The quantitative estimate of drug-likeness (QED) is 0.919. The maximum Gasteiger partial charge on any atom is 0.433 e. The third-order valence-corrected chi connectivity index (χ3v) is 3.12. The van der Waals surface area contributed by atoms with Gasteiger partial charge in [0.05, 0.1) is 6.54 Å². The molecule has 0 aliphatic rings. The summed E-state index contributed by atoms with van der Waals surface area (Å²) in [5.74, 6) is 0.535. The fourth-order valence-electron chi connectivity index (χ4n) is 1.83. The molecule has 0 atom stereocenters. The molecule has 8 heteroatoms. The minimum absolute atomic E-state index is 0.178. The van der Waals surface area contributed by atoms with Crippen LogP contribution in [0, 0.1) is 0 Å². The summed E-state index contributed by atoms with van der Waals surface area (Å²) in [7, 11) is 1.82. The van der Waals surface area contributed by atoms with Crippen LogP contribution in [0.4, 0.5) is 13.2 Å². The molecule has 1 N–H and O–H groups in total. The van der Waals surface area contributed by atoms with Gasteiger partial charge in [-0.05, 0) is 18.1 Å². The van der Waals surface area contributed by atoms with Crippen LogP contribution >= 0.6 is 0 Å². The van der Waals surface area contributed by atoms with E-state index in [2.05, 4.69) is 15.3 Å². The molecule has 0 fully saturated rings. The van der Waals surface area contributed by atoms with E-state index in [0.717, 1.165) is 18.1 Å². The van der Waals surface area contributed by atoms with E-state index in [0.29, 0.717) is 18.5 Å². The number of alkyl halides is 3. The second-order valence-electron chi connectivity index (χ2n) is 4.78. The van der Waals surface area contributed by atoms with Crippen molar-refractivity contribution >= 4 is 5.91 Å². The lowest BCUT2D eigenvalue weighted by atomic mass is 10.1. The van der Waals surface area contributed by atoms with Gasteiger partial charge in [0.1, 0.15) is 11.5 Å². The molecule has 1 amide bonds. The zero-order valence-electron chi connectivity index (χ0n) is 11.9. The lowest BCUT2D eigenvalue weighted by molar-refractivity contribution is -0.141. The first-order valence-electron chi connectivity index (χ1n) is 6.61. The Balaban J connectivity index is 1.80. The molecule has 0 spiro atoms. The molecule has 0 aliphatic carbocycles. The van der Waals surface area contributed by atoms with Gasteiger partial charge in [0, 0.05) is 32.1 Å². The Morgan fingerprint density at radius 2 is 2.09 bits per heavy atom. The van der Waals surface area contributed by atoms with Crippen LogP contribution in [0.25, 0.3) is 0 Å². The van der Waals surface area contributed by atoms with Crippen LogP contribution in [-0.4, -0.2) is 20.4 Å². The normalized spacial score (nSPS) is 11.5. The van der Waals surface area contributed by atoms with Crippen molar-refractivity contribution in [2.75, 3.05) is 0 Å². The molecule has 0 radical (unpaired) electrons. The molecule has 118 valence electrons. The summed E-state index contributed by atoms with van der Waals surface area (Å²) in [6.07, 6.45) is 0.618. The second-order valence-corrected chi connectivity index (χ2v) is 4.78. The van der Waals surface area contributed by atoms with E-state index in [9.17, 15) is 18.0 Å². The summed E-state index contributed by atoms with van der Waals surface area (Å²) in [5.41, 5.74) is -0.351. The second kappa shape index (κ2) is 6.59. The molecule has 2 rings (SSSR count). The van der Waals surface area contributed by atoms with Crippen LogP contribution in [0.15, 0.2) is 30.7 Å². The molecule has 5 nitrogen and oxygen atoms in total. The van der Waals surface area contributed by atoms with Gasteiger partial charge < -0.3 is 9.88 Å². The summed E-state index contributed by atoms with van der Waals surface area (Å²) in [6.45, 7) is 0.313. The van der Waals surface area contributed by atoms with Crippen LogP contribution < -0.4 is 5.32 Å². The molecule has 2 aromatic rings. The fraction of sp³-hybridized carbons (Fsp3) is 0.357. The Hall–Kier alpha value is -2.38. The molecular weight excluding hydrogens is 297 g/mol. The van der Waals surface area contributed by atoms with Crippen LogP contribution in [0.3, 0.4) is 0 Å². The molecule has 22 heavy (non-hydrogen) atoms. The summed E-state index contributed by atoms with van der Waals surface area (Å²) in [5, 5.41) is 2.71. The van der Waals surface area contributed by atoms with Gasteiger partial charge in [0.25, 0.3) is 0 Å². The Morgan fingerprint density at radius 1 is 1.32 bits per heavy atom. The van der Waals surface area contributed by atoms with Crippen molar-refractivity contribution < 1.29 is 18.0 Å². The van der Waals surface area contributed by atoms with E-state index in [1.807, 2.05) is 7.05 Å². The Kier molecular flexibility index (Phi) is 4.79. The van der Waals surface area contributed by atoms with Gasteiger partial charge in [0.15, 0.2) is 0 Å². The van der Waals surface area contributed by atoms with Crippen LogP contribution in [0.2, 0.25) is 0 Å². The number of carbonyl (C=O) groups excluding carboxylic acids is 1. The molecule has 2 heterocycles. The number of pyridine rings is 1. The number of carbonyl (C=O) groups is 1. The third kappa shape index (κ3) is 4.31. The number of imidazole rings is 1. The first-order valence-corrected chi connectivity index (χ1v) is 6.61. The summed E-state index contributed by atoms with van der Waals surface area (Å²) in [6, 6.07) is 2.25. The smallest absolute Gasteiger partial charge is 0.349 e. The first-order chi connectivity index (χ1) is 10.4. The number of nitrogens with one attached hydrogen (secondary N) is 1. The summed E-state index contributed by atoms with van der Waals surface area (Å²) >= 11 is 0. The monoisotopic (exact) mass is 312 g/mol. The maximum atomic E-state index is 12.4. The number of hydrogen-bond acceptors (Lipinski definition) is 3. The Labute approximate surface area is 125 Å². The van der Waals surface area contributed by atoms with Crippen LogP contribution in [-0.2, 0) is 31.0 Å². The van der Waals surface area contributed by atoms with E-state index in [1.165, 1.54) is 6.07 Å². The van der Waals surface area contributed by atoms with Gasteiger partial charge >= 0.3 is 6.18 Å². The predicted molar refractivity (Wildman–Crippen MR) is 72.6 cm³/mol. The Bertz CT molecular complexity index is 634. The van der Waals surface area contributed by atoms with E-state index in [1.54, 1.807) is 17.0 Å². The third-order valence-electron chi connectivity index (χ3n) is 3.12. The number of nitrogens with zero attached hydrogens (tertiary/aromatic N) is 3. The van der Waals surface area contributed by atoms with E-state index in [4.69, 9.17) is 0 Å². The average Bonchev–Trinajstić information content (AvgIpc) is 2.88. The molecule has 2 aromatic heterocycles. The number of hydrogen-bond donors (Lipinski definition) is 1. The van der Waals surface area contributed by atoms with Crippen molar-refractivity contribution in [2.24, 2.45) is 7.05 Å². The fourth-order valence-corrected chi connectivity index (χ4v) is 1.83. The number of rotatable bonds is 5. The lowest BCUT2D eigenvalue weighted by Gasteiger charge is -2.07. The van der Waals surface area contributed by atoms with Gasteiger partial charge in [-0.1, -0.05) is 6.07 Å². The van der Waals surface area contributed by atoms with E-state index >= 15 is 0 Å². The molecule has 0 saturated carbocycles. The predicted octanol–water partition coefficient (Wildman–Crippen LogP) is 2.08. The van der Waals surface area contributed by atoms with Crippen molar-refractivity contribution in [2.45, 2.75) is 25.6 Å². The lowest BCUT2D eigenvalue weighted by Crippen LogP contribution is -2.24. The first kappa shape index (κ1) is 16.0. The van der Waals surface area contributed by atoms with Crippen molar-refractivity contribution in [3.63, 3.8) is 0 Å². The van der Waals surface area contributed by atoms with Gasteiger partial charge in [-0.3, -0.25) is 9.78 Å². The number of halogens is 3. The number of aromatic nitrogens is 3. The van der Waals surface area contributed by atoms with Crippen molar-refractivity contribution in [3.05, 3.63) is 47.8 Å². The largest absolute Gasteiger partial charge is 0.433 e. The molecular formula is C14H15F3N4O. The van der Waals surface area contributed by atoms with E-state index < -0.39 is 11.9 Å². The topological polar surface area (TPSA) is 59.8 Å². The SMILES string of the molecule is Cn1ccnc1CNC(=O)CCc1ccc(C(F)(F)F)nc1. The number of amides is 1. The summed E-state index contributed by atoms with van der Waals surface area (Å²) < 4.78 is 38.9. The highest BCUT2D eigenvalue weighted by molar-refractivity contribution is 5.76. The van der Waals surface area contributed by atoms with Crippen LogP contribution in [0.5, 0.6) is 0 Å². The number of aryl methyl sites for hydroxylation is 2. The van der Waals surface area contributed by atoms with Gasteiger partial charge in [-0.2, -0.15) is 13.2 Å². The highest BCUT2D eigenvalue weighted by atomic mass is 19.4. The zero-order chi connectivity index (χ0) is 16.2. The Morgan fingerprint density at radius 3 is 2.64 bits per heavy atom. The van der Waals surface area contributed by atoms with Gasteiger partial charge in [-0.25, -0.2) is 4.98 Å². The molecule has 0 bridgehead atoms. The zero-order valence-corrected chi connectivity index (χ0v) is 11.9. The van der Waals surface area contributed by atoms with Crippen LogP contribution in [0.1, 0.15) is 23.5 Å². The highest BCUT2D eigenvalue weighted by Crippen LogP contribution is 2.27.